The lowest BCUT2D eigenvalue weighted by molar-refractivity contribution is -0.138. The Bertz CT molecular complexity index is 1300. The first kappa shape index (κ1) is 27.8. The fraction of sp³-hybridized carbons (Fsp3) is 0.250. The zero-order chi connectivity index (χ0) is 26.2. The van der Waals surface area contributed by atoms with E-state index in [0.717, 1.165) is 40.5 Å². The smallest absolute Gasteiger partial charge is 0.303 e. The number of benzene rings is 3. The summed E-state index contributed by atoms with van der Waals surface area (Å²) in [5.41, 5.74) is 6.18. The van der Waals surface area contributed by atoms with E-state index in [9.17, 15) is 9.59 Å². The molecule has 0 saturated carbocycles. The number of unbranched alkanes of at least 4 members (excludes halogenated alkanes) is 1. The number of hydrogen-bond donors (Lipinski definition) is 3. The maximum atomic E-state index is 12.2. The van der Waals surface area contributed by atoms with Crippen LogP contribution in [-0.2, 0) is 16.0 Å². The Morgan fingerprint density at radius 1 is 1.03 bits per heavy atom. The van der Waals surface area contributed by atoms with Gasteiger partial charge in [-0.1, -0.05) is 71.3 Å². The van der Waals surface area contributed by atoms with Gasteiger partial charge in [-0.2, -0.15) is 0 Å². The normalized spacial score (nSPS) is 10.7. The van der Waals surface area contributed by atoms with Crippen LogP contribution in [0.1, 0.15) is 54.9 Å². The van der Waals surface area contributed by atoms with Gasteiger partial charge in [-0.15, -0.1) is 0 Å². The molecule has 0 spiro atoms. The summed E-state index contributed by atoms with van der Waals surface area (Å²) in [5.74, 6) is -1.40. The Kier molecular flexibility index (Phi) is 10.0. The number of carboxylic acids is 1. The molecule has 0 atom stereocenters. The topological polar surface area (TPSA) is 78.4 Å². The van der Waals surface area contributed by atoms with Gasteiger partial charge in [0, 0.05) is 22.1 Å². The van der Waals surface area contributed by atoms with Crippen molar-refractivity contribution in [3.8, 4) is 0 Å². The van der Waals surface area contributed by atoms with Gasteiger partial charge in [0.05, 0.1) is 27.7 Å². The van der Waals surface area contributed by atoms with Crippen LogP contribution < -0.4 is 10.6 Å². The molecule has 0 aromatic heterocycles. The molecule has 0 aliphatic heterocycles. The van der Waals surface area contributed by atoms with E-state index in [0.29, 0.717) is 21.3 Å². The maximum Gasteiger partial charge on any atom is 0.303 e. The fourth-order valence-electron chi connectivity index (χ4n) is 3.81. The molecule has 1 amide bonds. The van der Waals surface area contributed by atoms with E-state index in [4.69, 9.17) is 28.9 Å². The van der Waals surface area contributed by atoms with E-state index in [2.05, 4.69) is 46.5 Å². The van der Waals surface area contributed by atoms with Gasteiger partial charge >= 0.3 is 5.97 Å². The van der Waals surface area contributed by atoms with Crippen molar-refractivity contribution in [1.82, 2.24) is 0 Å². The molecule has 0 aliphatic rings. The number of thiocarbonyl (C=S) groups is 1. The zero-order valence-corrected chi connectivity index (χ0v) is 23.3. The van der Waals surface area contributed by atoms with Crippen molar-refractivity contribution in [2.45, 2.75) is 46.0 Å². The van der Waals surface area contributed by atoms with Crippen LogP contribution in [0.15, 0.2) is 59.1 Å². The van der Waals surface area contributed by atoms with Gasteiger partial charge in [0.2, 0.25) is 5.91 Å². The summed E-state index contributed by atoms with van der Waals surface area (Å²) in [6, 6.07) is 17.2. The van der Waals surface area contributed by atoms with Crippen LogP contribution >= 0.6 is 39.7 Å². The molecule has 5 nitrogen and oxygen atoms in total. The summed E-state index contributed by atoms with van der Waals surface area (Å²) in [6.45, 7) is 4.29. The third-order valence-electron chi connectivity index (χ3n) is 5.80. The number of anilines is 3. The molecule has 3 N–H and O–H groups in total. The van der Waals surface area contributed by atoms with Gasteiger partial charge in [0.15, 0.2) is 0 Å². The van der Waals surface area contributed by atoms with Gasteiger partial charge in [-0.3, -0.25) is 9.59 Å². The first-order valence-corrected chi connectivity index (χ1v) is 13.3. The highest BCUT2D eigenvalue weighted by Gasteiger charge is 2.15. The SMILES string of the molecule is CCCCc1cccc(C(=S)c2ccc(Nc3ccc(Br)cc3NC(=O)CCC(=O)O)cc2Cl)c1C. The van der Waals surface area contributed by atoms with Gasteiger partial charge in [0.1, 0.15) is 0 Å². The lowest BCUT2D eigenvalue weighted by Crippen LogP contribution is -2.14. The molecule has 0 heterocycles. The molecule has 0 aliphatic carbocycles. The molecular formula is C28H28BrClN2O3S. The van der Waals surface area contributed by atoms with E-state index in [1.54, 1.807) is 12.1 Å². The lowest BCUT2D eigenvalue weighted by atomic mass is 9.94. The highest BCUT2D eigenvalue weighted by molar-refractivity contribution is 9.10. The van der Waals surface area contributed by atoms with Gasteiger partial charge in [-0.05, 0) is 72.9 Å². The third-order valence-corrected chi connectivity index (χ3v) is 7.05. The molecule has 0 bridgehead atoms. The van der Waals surface area contributed by atoms with Gasteiger partial charge in [-0.25, -0.2) is 0 Å². The van der Waals surface area contributed by atoms with Crippen LogP contribution in [0.4, 0.5) is 17.1 Å². The van der Waals surface area contributed by atoms with E-state index in [1.807, 2.05) is 36.4 Å². The minimum atomic E-state index is -1.02. The Morgan fingerprint density at radius 3 is 2.50 bits per heavy atom. The van der Waals surface area contributed by atoms with Crippen molar-refractivity contribution in [1.29, 1.82) is 0 Å². The summed E-state index contributed by atoms with van der Waals surface area (Å²) in [5, 5.41) is 15.4. The van der Waals surface area contributed by atoms with Crippen LogP contribution in [0.3, 0.4) is 0 Å². The average Bonchev–Trinajstić information content (AvgIpc) is 2.83. The summed E-state index contributed by atoms with van der Waals surface area (Å²) >= 11 is 15.9. The Balaban J connectivity index is 1.81. The molecule has 3 aromatic carbocycles. The van der Waals surface area contributed by atoms with Crippen molar-refractivity contribution in [3.63, 3.8) is 0 Å². The maximum absolute atomic E-state index is 12.2. The predicted octanol–water partition coefficient (Wildman–Crippen LogP) is 8.07. The number of aryl methyl sites for hydroxylation is 1. The van der Waals surface area contributed by atoms with Gasteiger partial charge in [0.25, 0.3) is 0 Å². The Morgan fingerprint density at radius 2 is 1.81 bits per heavy atom. The fourth-order valence-corrected chi connectivity index (χ4v) is 4.90. The number of rotatable bonds is 11. The number of carbonyl (C=O) groups is 2. The quantitative estimate of drug-likeness (QED) is 0.156. The first-order chi connectivity index (χ1) is 17.2. The molecular weight excluding hydrogens is 560 g/mol. The first-order valence-electron chi connectivity index (χ1n) is 11.7. The van der Waals surface area contributed by atoms with Crippen molar-refractivity contribution in [3.05, 3.63) is 86.3 Å². The van der Waals surface area contributed by atoms with E-state index in [-0.39, 0.29) is 18.7 Å². The molecule has 8 heteroatoms. The standard InChI is InChI=1S/C28H28BrClN2O3S/c1-3-4-6-18-7-5-8-21(17(18)2)28(36)22-11-10-20(16-23(22)30)31-24-12-9-19(29)15-25(24)32-26(33)13-14-27(34)35/h5,7-12,15-16,31H,3-4,6,13-14H2,1-2H3,(H,32,33)(H,34,35). The van der Waals surface area contributed by atoms with Crippen LogP contribution in [0.25, 0.3) is 0 Å². The number of carbonyl (C=O) groups excluding carboxylic acids is 1. The monoisotopic (exact) mass is 586 g/mol. The minimum absolute atomic E-state index is 0.113. The van der Waals surface area contributed by atoms with Crippen LogP contribution in [0, 0.1) is 6.92 Å². The molecule has 3 rings (SSSR count). The number of amides is 1. The Hall–Kier alpha value is -2.74. The van der Waals surface area contributed by atoms with Crippen LogP contribution in [0.5, 0.6) is 0 Å². The zero-order valence-electron chi connectivity index (χ0n) is 20.2. The second-order valence-corrected chi connectivity index (χ2v) is 10.2. The number of halogens is 2. The van der Waals surface area contributed by atoms with Crippen molar-refractivity contribution < 1.29 is 14.7 Å². The Labute approximate surface area is 230 Å². The molecule has 188 valence electrons. The number of aliphatic carboxylic acids is 1. The van der Waals surface area contributed by atoms with Crippen molar-refractivity contribution in [2.75, 3.05) is 10.6 Å². The molecule has 0 fully saturated rings. The van der Waals surface area contributed by atoms with Crippen molar-refractivity contribution in [2.24, 2.45) is 0 Å². The van der Waals surface area contributed by atoms with Crippen LogP contribution in [-0.4, -0.2) is 21.8 Å². The van der Waals surface area contributed by atoms with Crippen molar-refractivity contribution >= 4 is 73.6 Å². The minimum Gasteiger partial charge on any atom is -0.481 e. The lowest BCUT2D eigenvalue weighted by Gasteiger charge is -2.16. The number of carboxylic acid groups (broad SMARTS) is 1. The summed E-state index contributed by atoms with van der Waals surface area (Å²) in [7, 11) is 0. The number of nitrogens with one attached hydrogen (secondary N) is 2. The predicted molar refractivity (Wildman–Crippen MR) is 155 cm³/mol. The van der Waals surface area contributed by atoms with E-state index < -0.39 is 5.97 Å². The summed E-state index contributed by atoms with van der Waals surface area (Å²) < 4.78 is 0.775. The van der Waals surface area contributed by atoms with E-state index >= 15 is 0 Å². The molecule has 0 unspecified atom stereocenters. The molecule has 0 saturated heterocycles. The summed E-state index contributed by atoms with van der Waals surface area (Å²) in [4.78, 5) is 23.7. The second-order valence-electron chi connectivity index (χ2n) is 8.47. The largest absolute Gasteiger partial charge is 0.481 e. The molecule has 3 aromatic rings. The number of hydrogen-bond acceptors (Lipinski definition) is 4. The highest BCUT2D eigenvalue weighted by Crippen LogP contribution is 2.32. The molecule has 0 radical (unpaired) electrons. The van der Waals surface area contributed by atoms with Crippen LogP contribution in [0.2, 0.25) is 5.02 Å². The molecule has 36 heavy (non-hydrogen) atoms. The average molecular weight is 588 g/mol. The second kappa shape index (κ2) is 13.0. The summed E-state index contributed by atoms with van der Waals surface area (Å²) in [6.07, 6.45) is 2.95. The highest BCUT2D eigenvalue weighted by atomic mass is 79.9. The third kappa shape index (κ3) is 7.38. The van der Waals surface area contributed by atoms with Gasteiger partial charge < -0.3 is 15.7 Å². The van der Waals surface area contributed by atoms with E-state index in [1.165, 1.54) is 11.1 Å².